The normalized spacial score (nSPS) is 22.2. The van der Waals surface area contributed by atoms with Crippen molar-refractivity contribution >= 4 is 23.3 Å². The van der Waals surface area contributed by atoms with E-state index in [0.717, 1.165) is 5.56 Å². The third-order valence-electron chi connectivity index (χ3n) is 5.10. The van der Waals surface area contributed by atoms with Gasteiger partial charge in [0.25, 0.3) is 0 Å². The highest BCUT2D eigenvalue weighted by molar-refractivity contribution is 6.22. The Morgan fingerprint density at radius 1 is 1.21 bits per heavy atom. The molecule has 1 heterocycles. The molecule has 0 saturated carbocycles. The first-order chi connectivity index (χ1) is 13.1. The molecule has 1 saturated heterocycles. The summed E-state index contributed by atoms with van der Waals surface area (Å²) in [5.41, 5.74) is 2.79. The van der Waals surface area contributed by atoms with Crippen molar-refractivity contribution < 1.29 is 27.6 Å². The first-order valence-electron chi connectivity index (χ1n) is 9.20. The molecular weight excluding hydrogens is 373 g/mol. The highest BCUT2D eigenvalue weighted by Crippen LogP contribution is 2.35. The number of Topliss-reactive ketones (excluding diaryl/α,β-unsaturated/α-hetero) is 1. The van der Waals surface area contributed by atoms with E-state index in [4.69, 9.17) is 0 Å². The first-order valence-corrected chi connectivity index (χ1v) is 9.20. The molecule has 3 rings (SSSR count). The number of hydrogen-bond donors (Lipinski definition) is 2. The Labute approximate surface area is 160 Å². The molecule has 2 N–H and O–H groups in total. The van der Waals surface area contributed by atoms with E-state index in [2.05, 4.69) is 5.32 Å². The summed E-state index contributed by atoms with van der Waals surface area (Å²) in [5, 5.41) is 4.54. The van der Waals surface area contributed by atoms with Crippen molar-refractivity contribution in [2.75, 3.05) is 0 Å². The molecule has 150 valence electrons. The number of fused-ring (bicyclic) bond motifs is 1. The van der Waals surface area contributed by atoms with Crippen LogP contribution in [-0.2, 0) is 9.59 Å². The Hall–Kier alpha value is -2.64. The van der Waals surface area contributed by atoms with Gasteiger partial charge in [0.15, 0.2) is 5.78 Å². The molecule has 2 unspecified atom stereocenters. The number of hydrogen-bond acceptors (Lipinski definition) is 3. The number of alkyl halides is 3. The lowest BCUT2D eigenvalue weighted by atomic mass is 9.92. The first kappa shape index (κ1) is 20.1. The van der Waals surface area contributed by atoms with Crippen molar-refractivity contribution in [2.24, 2.45) is 5.92 Å². The van der Waals surface area contributed by atoms with Crippen LogP contribution in [-0.4, -0.2) is 29.8 Å². The minimum atomic E-state index is -4.54. The monoisotopic (exact) mass is 394 g/mol. The summed E-state index contributed by atoms with van der Waals surface area (Å²) in [7, 11) is 0. The van der Waals surface area contributed by atoms with Crippen LogP contribution in [0, 0.1) is 12.8 Å². The molecule has 8 heteroatoms. The van der Waals surface area contributed by atoms with E-state index in [1.807, 2.05) is 19.2 Å². The summed E-state index contributed by atoms with van der Waals surface area (Å²) >= 11 is 0. The minimum absolute atomic E-state index is 0.169. The van der Waals surface area contributed by atoms with E-state index in [-0.39, 0.29) is 18.6 Å². The van der Waals surface area contributed by atoms with Gasteiger partial charge < -0.3 is 10.6 Å². The smallest absolute Gasteiger partial charge is 0.344 e. The van der Waals surface area contributed by atoms with Crippen molar-refractivity contribution in [3.8, 4) is 0 Å². The van der Waals surface area contributed by atoms with E-state index < -0.39 is 30.0 Å². The summed E-state index contributed by atoms with van der Waals surface area (Å²) in [5.74, 6) is -3.03. The standard InChI is InChI=1S/C20H21F3N2O3/c1-3-4-12-16(14-9-10(2)5-6-11(14)17(12)26)25-19(28)13-7-8-15(20(21,22)23)24-18(13)27/h5-6,9,13,15H,3-4,7-8H2,1-2H3,(H,24,27)(H,25,28). The summed E-state index contributed by atoms with van der Waals surface area (Å²) < 4.78 is 38.4. The molecule has 1 aliphatic carbocycles. The highest BCUT2D eigenvalue weighted by Gasteiger charge is 2.46. The Morgan fingerprint density at radius 2 is 1.93 bits per heavy atom. The number of rotatable bonds is 4. The van der Waals surface area contributed by atoms with Crippen LogP contribution in [0.4, 0.5) is 13.2 Å². The van der Waals surface area contributed by atoms with Crippen LogP contribution in [0.3, 0.4) is 0 Å². The number of aryl methyl sites for hydroxylation is 1. The van der Waals surface area contributed by atoms with Crippen LogP contribution in [0.5, 0.6) is 0 Å². The summed E-state index contributed by atoms with van der Waals surface area (Å²) in [6, 6.07) is 3.35. The fourth-order valence-corrected chi connectivity index (χ4v) is 3.65. The van der Waals surface area contributed by atoms with Crippen LogP contribution in [0.15, 0.2) is 23.8 Å². The number of carbonyl (C=O) groups excluding carboxylic acids is 3. The molecule has 1 aliphatic heterocycles. The number of carbonyl (C=O) groups is 3. The summed E-state index contributed by atoms with van der Waals surface area (Å²) in [6.45, 7) is 3.76. The molecule has 1 fully saturated rings. The second kappa shape index (κ2) is 7.41. The van der Waals surface area contributed by atoms with Gasteiger partial charge in [-0.15, -0.1) is 0 Å². The van der Waals surface area contributed by atoms with Crippen molar-refractivity contribution in [2.45, 2.75) is 51.7 Å². The van der Waals surface area contributed by atoms with E-state index in [0.29, 0.717) is 35.2 Å². The molecule has 1 aromatic rings. The number of nitrogens with one attached hydrogen (secondary N) is 2. The Balaban J connectivity index is 1.84. The molecule has 0 spiro atoms. The van der Waals surface area contributed by atoms with Gasteiger partial charge in [0.05, 0.1) is 5.70 Å². The predicted octanol–water partition coefficient (Wildman–Crippen LogP) is 3.28. The summed E-state index contributed by atoms with van der Waals surface area (Å²) in [6.07, 6.45) is -3.96. The zero-order valence-electron chi connectivity index (χ0n) is 15.6. The van der Waals surface area contributed by atoms with Crippen molar-refractivity contribution in [3.05, 3.63) is 40.5 Å². The topological polar surface area (TPSA) is 75.3 Å². The van der Waals surface area contributed by atoms with E-state index in [9.17, 15) is 27.6 Å². The zero-order chi connectivity index (χ0) is 20.6. The fourth-order valence-electron chi connectivity index (χ4n) is 3.65. The Morgan fingerprint density at radius 3 is 2.54 bits per heavy atom. The molecule has 2 atom stereocenters. The Kier molecular flexibility index (Phi) is 5.32. The van der Waals surface area contributed by atoms with Gasteiger partial charge in [-0.1, -0.05) is 31.0 Å². The highest BCUT2D eigenvalue weighted by atomic mass is 19.4. The van der Waals surface area contributed by atoms with E-state index >= 15 is 0 Å². The molecule has 2 amide bonds. The van der Waals surface area contributed by atoms with Crippen molar-refractivity contribution in [1.29, 1.82) is 0 Å². The molecular formula is C20H21F3N2O3. The second-order valence-corrected chi connectivity index (χ2v) is 7.20. The lowest BCUT2D eigenvalue weighted by Crippen LogP contribution is -2.54. The van der Waals surface area contributed by atoms with Gasteiger partial charge in [-0.05, 0) is 32.3 Å². The quantitative estimate of drug-likeness (QED) is 0.770. The van der Waals surface area contributed by atoms with Crippen LogP contribution in [0.25, 0.3) is 5.70 Å². The van der Waals surface area contributed by atoms with Crippen LogP contribution < -0.4 is 10.6 Å². The fraction of sp³-hybridized carbons (Fsp3) is 0.450. The zero-order valence-corrected chi connectivity index (χ0v) is 15.6. The molecule has 28 heavy (non-hydrogen) atoms. The number of allylic oxidation sites excluding steroid dienone is 1. The largest absolute Gasteiger partial charge is 0.408 e. The minimum Gasteiger partial charge on any atom is -0.344 e. The maximum atomic E-state index is 12.8. The van der Waals surface area contributed by atoms with E-state index in [1.54, 1.807) is 18.2 Å². The van der Waals surface area contributed by atoms with Gasteiger partial charge in [0.1, 0.15) is 12.0 Å². The molecule has 0 bridgehead atoms. The number of amides is 2. The summed E-state index contributed by atoms with van der Waals surface area (Å²) in [4.78, 5) is 37.4. The van der Waals surface area contributed by atoms with Crippen LogP contribution >= 0.6 is 0 Å². The van der Waals surface area contributed by atoms with Gasteiger partial charge in [0.2, 0.25) is 11.8 Å². The number of halogens is 3. The molecule has 0 aromatic heterocycles. The van der Waals surface area contributed by atoms with Gasteiger partial charge >= 0.3 is 6.18 Å². The third kappa shape index (κ3) is 3.68. The Bertz CT molecular complexity index is 874. The predicted molar refractivity (Wildman–Crippen MR) is 96.2 cm³/mol. The average Bonchev–Trinajstić information content (AvgIpc) is 2.86. The van der Waals surface area contributed by atoms with Gasteiger partial charge in [0, 0.05) is 16.7 Å². The van der Waals surface area contributed by atoms with Crippen LogP contribution in [0.2, 0.25) is 0 Å². The van der Waals surface area contributed by atoms with Crippen molar-refractivity contribution in [1.82, 2.24) is 10.6 Å². The number of piperidine rings is 1. The van der Waals surface area contributed by atoms with Gasteiger partial charge in [-0.3, -0.25) is 14.4 Å². The molecule has 5 nitrogen and oxygen atoms in total. The number of benzene rings is 1. The third-order valence-corrected chi connectivity index (χ3v) is 5.10. The molecule has 2 aliphatic rings. The SMILES string of the molecule is CCCC1=C(NC(=O)C2CCC(C(F)(F)F)NC2=O)c2cc(C)ccc2C1=O. The molecule has 0 radical (unpaired) electrons. The van der Waals surface area contributed by atoms with E-state index in [1.165, 1.54) is 0 Å². The maximum absolute atomic E-state index is 12.8. The van der Waals surface area contributed by atoms with Crippen LogP contribution in [0.1, 0.15) is 54.1 Å². The second-order valence-electron chi connectivity index (χ2n) is 7.20. The average molecular weight is 394 g/mol. The lowest BCUT2D eigenvalue weighted by Gasteiger charge is -2.30. The van der Waals surface area contributed by atoms with Gasteiger partial charge in [-0.25, -0.2) is 0 Å². The number of ketones is 1. The van der Waals surface area contributed by atoms with Crippen molar-refractivity contribution in [3.63, 3.8) is 0 Å². The van der Waals surface area contributed by atoms with Gasteiger partial charge in [-0.2, -0.15) is 13.2 Å². The lowest BCUT2D eigenvalue weighted by molar-refractivity contribution is -0.171. The maximum Gasteiger partial charge on any atom is 0.408 e. The molecule has 1 aromatic carbocycles.